The van der Waals surface area contributed by atoms with Gasteiger partial charge in [-0.2, -0.15) is 11.8 Å². The molecule has 7 heteroatoms. The van der Waals surface area contributed by atoms with Crippen LogP contribution in [0.25, 0.3) is 0 Å². The van der Waals surface area contributed by atoms with Gasteiger partial charge in [0.05, 0.1) is 20.8 Å². The van der Waals surface area contributed by atoms with Crippen LogP contribution in [0.4, 0.5) is 0 Å². The number of guanidine groups is 1. The minimum absolute atomic E-state index is 0.180. The normalized spacial score (nSPS) is 16.6. The molecule has 1 saturated heterocycles. The number of nitrogens with one attached hydrogen (secondary N) is 1. The number of ether oxygens (including phenoxy) is 3. The summed E-state index contributed by atoms with van der Waals surface area (Å²) < 4.78 is 16.6. The lowest BCUT2D eigenvalue weighted by atomic mass is 9.99. The molecule has 0 spiro atoms. The van der Waals surface area contributed by atoms with Crippen molar-refractivity contribution >= 4 is 17.7 Å². The third-order valence-electron chi connectivity index (χ3n) is 5.30. The zero-order valence-electron chi connectivity index (χ0n) is 18.1. The fourth-order valence-corrected chi connectivity index (χ4v) is 4.15. The number of thioether (sulfide) groups is 1. The fraction of sp³-hybridized carbons (Fsp3) is 0.667. The lowest BCUT2D eigenvalue weighted by Crippen LogP contribution is -2.41. The van der Waals surface area contributed by atoms with Crippen molar-refractivity contribution in [3.8, 4) is 11.5 Å². The average molecular weight is 410 g/mol. The Morgan fingerprint density at radius 2 is 1.89 bits per heavy atom. The quantitative estimate of drug-likeness (QED) is 0.525. The minimum atomic E-state index is 0.180. The number of nitrogens with zero attached hydrogens (tertiary/aromatic N) is 2. The van der Waals surface area contributed by atoms with Crippen molar-refractivity contribution in [3.05, 3.63) is 23.3 Å². The molecule has 1 N–H and O–H groups in total. The molecule has 1 aromatic rings. The van der Waals surface area contributed by atoms with Gasteiger partial charge in [-0.3, -0.25) is 4.99 Å². The second-order valence-electron chi connectivity index (χ2n) is 7.16. The Hall–Kier alpha value is -1.60. The summed E-state index contributed by atoms with van der Waals surface area (Å²) in [4.78, 5) is 7.15. The number of hydrogen-bond acceptors (Lipinski definition) is 5. The highest BCUT2D eigenvalue weighted by Crippen LogP contribution is 2.34. The van der Waals surface area contributed by atoms with Crippen LogP contribution in [-0.4, -0.2) is 69.4 Å². The van der Waals surface area contributed by atoms with Crippen molar-refractivity contribution in [1.82, 2.24) is 10.2 Å². The van der Waals surface area contributed by atoms with Crippen LogP contribution in [0.5, 0.6) is 11.5 Å². The zero-order chi connectivity index (χ0) is 20.6. The summed E-state index contributed by atoms with van der Waals surface area (Å²) in [5.74, 6) is 2.44. The second kappa shape index (κ2) is 10.8. The van der Waals surface area contributed by atoms with Crippen LogP contribution in [0.15, 0.2) is 17.1 Å². The Balaban J connectivity index is 2.17. The van der Waals surface area contributed by atoms with Crippen LogP contribution in [0.1, 0.15) is 30.9 Å². The summed E-state index contributed by atoms with van der Waals surface area (Å²) in [6.07, 6.45) is 4.29. The van der Waals surface area contributed by atoms with Crippen molar-refractivity contribution < 1.29 is 14.2 Å². The van der Waals surface area contributed by atoms with Gasteiger partial charge in [-0.25, -0.2) is 0 Å². The number of benzene rings is 1. The molecule has 1 aliphatic heterocycles. The molecule has 1 aliphatic rings. The van der Waals surface area contributed by atoms with Crippen molar-refractivity contribution in [3.63, 3.8) is 0 Å². The van der Waals surface area contributed by atoms with Gasteiger partial charge < -0.3 is 24.4 Å². The Morgan fingerprint density at radius 1 is 1.25 bits per heavy atom. The third-order valence-corrected chi connectivity index (χ3v) is 6.70. The number of hydrogen-bond donors (Lipinski definition) is 1. The monoisotopic (exact) mass is 409 g/mol. The second-order valence-corrected chi connectivity index (χ2v) is 8.43. The van der Waals surface area contributed by atoms with Crippen LogP contribution < -0.4 is 14.8 Å². The topological polar surface area (TPSA) is 55.3 Å². The standard InChI is InChI=1S/C21H35N3O3S/c1-7-22-20(23-15-21(28-6)8-10-27-11-9-21)24(3)14-17-13-19(26-5)18(25-4)12-16(17)2/h12-13H,7-11,14-15H2,1-6H3,(H,22,23). The molecule has 0 radical (unpaired) electrons. The maximum Gasteiger partial charge on any atom is 0.194 e. The van der Waals surface area contributed by atoms with Crippen molar-refractivity contribution in [2.45, 2.75) is 38.0 Å². The van der Waals surface area contributed by atoms with Gasteiger partial charge >= 0.3 is 0 Å². The van der Waals surface area contributed by atoms with Gasteiger partial charge in [0.1, 0.15) is 0 Å². The van der Waals surface area contributed by atoms with Gasteiger partial charge in [0.25, 0.3) is 0 Å². The first-order valence-electron chi connectivity index (χ1n) is 9.82. The molecule has 0 bridgehead atoms. The minimum Gasteiger partial charge on any atom is -0.493 e. The average Bonchev–Trinajstić information content (AvgIpc) is 2.72. The molecular weight excluding hydrogens is 374 g/mol. The van der Waals surface area contributed by atoms with E-state index in [-0.39, 0.29) is 4.75 Å². The molecule has 0 saturated carbocycles. The third kappa shape index (κ3) is 5.70. The van der Waals surface area contributed by atoms with Crippen LogP contribution in [0.3, 0.4) is 0 Å². The van der Waals surface area contributed by atoms with E-state index >= 15 is 0 Å². The Labute approximate surface area is 174 Å². The summed E-state index contributed by atoms with van der Waals surface area (Å²) in [6, 6.07) is 4.08. The van der Waals surface area contributed by atoms with Gasteiger partial charge in [0.15, 0.2) is 17.5 Å². The number of rotatable bonds is 8. The van der Waals surface area contributed by atoms with E-state index in [1.165, 1.54) is 11.1 Å². The van der Waals surface area contributed by atoms with Gasteiger partial charge in [-0.15, -0.1) is 0 Å². The first kappa shape index (κ1) is 22.7. The van der Waals surface area contributed by atoms with E-state index in [0.717, 1.165) is 63.1 Å². The van der Waals surface area contributed by atoms with E-state index in [0.29, 0.717) is 0 Å². The van der Waals surface area contributed by atoms with E-state index in [4.69, 9.17) is 19.2 Å². The maximum absolute atomic E-state index is 5.55. The molecule has 6 nitrogen and oxygen atoms in total. The molecule has 0 amide bonds. The van der Waals surface area contributed by atoms with E-state index in [9.17, 15) is 0 Å². The summed E-state index contributed by atoms with van der Waals surface area (Å²) >= 11 is 1.92. The smallest absolute Gasteiger partial charge is 0.194 e. The first-order valence-corrected chi connectivity index (χ1v) is 11.0. The Kier molecular flexibility index (Phi) is 8.76. The molecule has 0 aliphatic carbocycles. The largest absolute Gasteiger partial charge is 0.493 e. The van der Waals surface area contributed by atoms with Gasteiger partial charge in [-0.05, 0) is 56.2 Å². The molecule has 0 atom stereocenters. The highest BCUT2D eigenvalue weighted by atomic mass is 32.2. The lowest BCUT2D eigenvalue weighted by Gasteiger charge is -2.35. The predicted octanol–water partition coefficient (Wildman–Crippen LogP) is 3.32. The van der Waals surface area contributed by atoms with Crippen molar-refractivity contribution in [2.75, 3.05) is 53.8 Å². The van der Waals surface area contributed by atoms with Gasteiger partial charge in [0, 0.05) is 38.1 Å². The van der Waals surface area contributed by atoms with E-state index in [2.05, 4.69) is 43.4 Å². The highest BCUT2D eigenvalue weighted by Gasteiger charge is 2.31. The van der Waals surface area contributed by atoms with Crippen LogP contribution >= 0.6 is 11.8 Å². The molecule has 0 unspecified atom stereocenters. The molecule has 1 heterocycles. The van der Waals surface area contributed by atoms with E-state index in [1.807, 2.05) is 17.8 Å². The Morgan fingerprint density at radius 3 is 2.46 bits per heavy atom. The zero-order valence-corrected chi connectivity index (χ0v) is 18.9. The Bertz CT molecular complexity index is 661. The molecule has 1 fully saturated rings. The van der Waals surface area contributed by atoms with Crippen molar-refractivity contribution in [2.24, 2.45) is 4.99 Å². The number of methoxy groups -OCH3 is 2. The van der Waals surface area contributed by atoms with E-state index < -0.39 is 0 Å². The summed E-state index contributed by atoms with van der Waals surface area (Å²) in [7, 11) is 5.41. The van der Waals surface area contributed by atoms with Gasteiger partial charge in [-0.1, -0.05) is 0 Å². The maximum atomic E-state index is 5.55. The lowest BCUT2D eigenvalue weighted by molar-refractivity contribution is 0.0793. The number of aliphatic imine (C=N–C) groups is 1. The molecule has 0 aromatic heterocycles. The summed E-state index contributed by atoms with van der Waals surface area (Å²) in [5.41, 5.74) is 2.36. The molecular formula is C21H35N3O3S. The first-order chi connectivity index (χ1) is 13.5. The predicted molar refractivity (Wildman–Crippen MR) is 118 cm³/mol. The molecule has 28 heavy (non-hydrogen) atoms. The highest BCUT2D eigenvalue weighted by molar-refractivity contribution is 8.00. The van der Waals surface area contributed by atoms with Crippen LogP contribution in [-0.2, 0) is 11.3 Å². The van der Waals surface area contributed by atoms with Crippen LogP contribution in [0, 0.1) is 6.92 Å². The molecule has 2 rings (SSSR count). The summed E-state index contributed by atoms with van der Waals surface area (Å²) in [6.45, 7) is 8.23. The number of aryl methyl sites for hydroxylation is 1. The SMILES string of the molecule is CCNC(=NCC1(SC)CCOCC1)N(C)Cc1cc(OC)c(OC)cc1C. The van der Waals surface area contributed by atoms with Crippen LogP contribution in [0.2, 0.25) is 0 Å². The fourth-order valence-electron chi connectivity index (χ4n) is 3.38. The summed E-state index contributed by atoms with van der Waals surface area (Å²) in [5, 5.41) is 3.43. The van der Waals surface area contributed by atoms with Crippen molar-refractivity contribution in [1.29, 1.82) is 0 Å². The molecule has 1 aromatic carbocycles. The molecule has 158 valence electrons. The van der Waals surface area contributed by atoms with E-state index in [1.54, 1.807) is 14.2 Å². The van der Waals surface area contributed by atoms with Gasteiger partial charge in [0.2, 0.25) is 0 Å².